The van der Waals surface area contributed by atoms with Gasteiger partial charge in [0.15, 0.2) is 6.61 Å². The first-order valence-corrected chi connectivity index (χ1v) is 4.74. The summed E-state index contributed by atoms with van der Waals surface area (Å²) in [6.45, 7) is -2.15. The molecule has 18 heavy (non-hydrogen) atoms. The molecule has 1 rings (SSSR count). The summed E-state index contributed by atoms with van der Waals surface area (Å²) in [4.78, 5) is 0. The Morgan fingerprint density at radius 1 is 1.06 bits per heavy atom. The second kappa shape index (κ2) is 5.05. The number of nitrogens with two attached hydrogens (primary N) is 1. The van der Waals surface area contributed by atoms with Gasteiger partial charge in [0.25, 0.3) is 0 Å². The first-order chi connectivity index (χ1) is 8.15. The highest BCUT2D eigenvalue weighted by atomic mass is 19.4. The average molecular weight is 273 g/mol. The largest absolute Gasteiger partial charge is 0.483 e. The monoisotopic (exact) mass is 273 g/mol. The van der Waals surface area contributed by atoms with Crippen molar-refractivity contribution in [3.8, 4) is 5.75 Å². The lowest BCUT2D eigenvalue weighted by Gasteiger charge is -2.17. The predicted octanol–water partition coefficient (Wildman–Crippen LogP) is 3.11. The fourth-order valence-corrected chi connectivity index (χ4v) is 1.29. The van der Waals surface area contributed by atoms with E-state index in [9.17, 15) is 26.3 Å². The van der Waals surface area contributed by atoms with Gasteiger partial charge in [-0.2, -0.15) is 26.3 Å². The number of hydrogen-bond donors (Lipinski definition) is 1. The maximum absolute atomic E-state index is 12.6. The van der Waals surface area contributed by atoms with Crippen LogP contribution in [0.1, 0.15) is 11.1 Å². The van der Waals surface area contributed by atoms with Gasteiger partial charge < -0.3 is 10.5 Å². The lowest BCUT2D eigenvalue weighted by atomic mass is 10.1. The topological polar surface area (TPSA) is 35.2 Å². The number of para-hydroxylation sites is 1. The number of alkyl halides is 6. The zero-order valence-electron chi connectivity index (χ0n) is 8.90. The van der Waals surface area contributed by atoms with Crippen LogP contribution in [0.15, 0.2) is 18.2 Å². The molecule has 0 unspecified atom stereocenters. The molecule has 0 atom stereocenters. The van der Waals surface area contributed by atoms with E-state index in [0.29, 0.717) is 6.07 Å². The Hall–Kier alpha value is -1.44. The van der Waals surface area contributed by atoms with Crippen molar-refractivity contribution in [1.82, 2.24) is 0 Å². The summed E-state index contributed by atoms with van der Waals surface area (Å²) in [5.74, 6) is -0.871. The van der Waals surface area contributed by atoms with Gasteiger partial charge in [-0.15, -0.1) is 0 Å². The molecule has 8 heteroatoms. The molecule has 2 N–H and O–H groups in total. The first kappa shape index (κ1) is 14.6. The summed E-state index contributed by atoms with van der Waals surface area (Å²) in [5, 5.41) is 0. The van der Waals surface area contributed by atoms with Gasteiger partial charge >= 0.3 is 12.4 Å². The van der Waals surface area contributed by atoms with Crippen LogP contribution in [0.3, 0.4) is 0 Å². The van der Waals surface area contributed by atoms with E-state index in [2.05, 4.69) is 4.74 Å². The molecular formula is C10H9F6NO. The molecule has 0 saturated heterocycles. The number of halogens is 6. The maximum Gasteiger partial charge on any atom is 0.422 e. The molecule has 0 aromatic heterocycles. The Bertz CT molecular complexity index is 412. The van der Waals surface area contributed by atoms with Gasteiger partial charge in [-0.1, -0.05) is 12.1 Å². The highest BCUT2D eigenvalue weighted by molar-refractivity contribution is 5.43. The second-order valence-corrected chi connectivity index (χ2v) is 3.40. The van der Waals surface area contributed by atoms with Gasteiger partial charge in [-0.25, -0.2) is 0 Å². The van der Waals surface area contributed by atoms with Crippen LogP contribution in [0.25, 0.3) is 0 Å². The third-order valence-electron chi connectivity index (χ3n) is 2.00. The molecule has 0 radical (unpaired) electrons. The number of rotatable bonds is 3. The number of hydrogen-bond acceptors (Lipinski definition) is 2. The van der Waals surface area contributed by atoms with Crippen LogP contribution in [0.5, 0.6) is 5.75 Å². The van der Waals surface area contributed by atoms with Crippen LogP contribution in [-0.4, -0.2) is 12.8 Å². The van der Waals surface area contributed by atoms with Gasteiger partial charge in [0.1, 0.15) is 5.75 Å². The fourth-order valence-electron chi connectivity index (χ4n) is 1.29. The van der Waals surface area contributed by atoms with E-state index in [4.69, 9.17) is 5.73 Å². The first-order valence-electron chi connectivity index (χ1n) is 4.74. The van der Waals surface area contributed by atoms with Gasteiger partial charge in [0.2, 0.25) is 0 Å². The SMILES string of the molecule is NCc1cccc(C(F)(F)F)c1OCC(F)(F)F. The third-order valence-corrected chi connectivity index (χ3v) is 2.00. The minimum absolute atomic E-state index is 0.130. The summed E-state index contributed by atoms with van der Waals surface area (Å²) < 4.78 is 77.9. The van der Waals surface area contributed by atoms with Crippen molar-refractivity contribution in [3.05, 3.63) is 29.3 Å². The van der Waals surface area contributed by atoms with Crippen molar-refractivity contribution in [1.29, 1.82) is 0 Å². The molecule has 0 heterocycles. The van der Waals surface area contributed by atoms with E-state index in [-0.39, 0.29) is 12.1 Å². The average Bonchev–Trinajstić information content (AvgIpc) is 2.23. The van der Waals surface area contributed by atoms with Crippen molar-refractivity contribution < 1.29 is 31.1 Å². The van der Waals surface area contributed by atoms with Crippen LogP contribution in [0.4, 0.5) is 26.3 Å². The Morgan fingerprint density at radius 2 is 1.67 bits per heavy atom. The fraction of sp³-hybridized carbons (Fsp3) is 0.400. The summed E-state index contributed by atoms with van der Waals surface area (Å²) in [7, 11) is 0. The Morgan fingerprint density at radius 3 is 2.11 bits per heavy atom. The van der Waals surface area contributed by atoms with E-state index in [1.165, 1.54) is 6.07 Å². The van der Waals surface area contributed by atoms with Crippen LogP contribution >= 0.6 is 0 Å². The molecule has 0 saturated carbocycles. The van der Waals surface area contributed by atoms with E-state index < -0.39 is 30.3 Å². The van der Waals surface area contributed by atoms with Crippen LogP contribution in [0.2, 0.25) is 0 Å². The molecule has 102 valence electrons. The maximum atomic E-state index is 12.6. The minimum Gasteiger partial charge on any atom is -0.483 e. The van der Waals surface area contributed by atoms with E-state index in [1.807, 2.05) is 0 Å². The van der Waals surface area contributed by atoms with Crippen molar-refractivity contribution in [3.63, 3.8) is 0 Å². The van der Waals surface area contributed by atoms with Gasteiger partial charge in [0.05, 0.1) is 5.56 Å². The van der Waals surface area contributed by atoms with E-state index >= 15 is 0 Å². The highest BCUT2D eigenvalue weighted by Gasteiger charge is 2.37. The summed E-state index contributed by atoms with van der Waals surface area (Å²) >= 11 is 0. The second-order valence-electron chi connectivity index (χ2n) is 3.40. The molecule has 2 nitrogen and oxygen atoms in total. The van der Waals surface area contributed by atoms with Crippen LogP contribution in [-0.2, 0) is 12.7 Å². The Labute approximate surface area is 98.3 Å². The summed E-state index contributed by atoms with van der Waals surface area (Å²) in [5.41, 5.74) is 3.77. The lowest BCUT2D eigenvalue weighted by molar-refractivity contribution is -0.159. The molecular weight excluding hydrogens is 264 g/mol. The lowest BCUT2D eigenvalue weighted by Crippen LogP contribution is -2.22. The quantitative estimate of drug-likeness (QED) is 0.859. The van der Waals surface area contributed by atoms with Crippen molar-refractivity contribution >= 4 is 0 Å². The molecule has 0 aliphatic heterocycles. The Balaban J connectivity index is 3.13. The predicted molar refractivity (Wildman–Crippen MR) is 50.9 cm³/mol. The van der Waals surface area contributed by atoms with Crippen LogP contribution in [0, 0.1) is 0 Å². The molecule has 0 aliphatic rings. The molecule has 0 fully saturated rings. The highest BCUT2D eigenvalue weighted by Crippen LogP contribution is 2.38. The standard InChI is InChI=1S/C10H9F6NO/c11-9(12,13)5-18-8-6(4-17)2-1-3-7(8)10(14,15)16/h1-3H,4-5,17H2. The van der Waals surface area contributed by atoms with Crippen molar-refractivity contribution in [2.75, 3.05) is 6.61 Å². The van der Waals surface area contributed by atoms with Crippen molar-refractivity contribution in [2.45, 2.75) is 18.9 Å². The zero-order chi connectivity index (χ0) is 14.0. The smallest absolute Gasteiger partial charge is 0.422 e. The summed E-state index contributed by atoms with van der Waals surface area (Å²) in [6, 6.07) is 2.89. The van der Waals surface area contributed by atoms with Crippen LogP contribution < -0.4 is 10.5 Å². The van der Waals surface area contributed by atoms with E-state index in [1.54, 1.807) is 0 Å². The molecule has 1 aromatic rings. The normalized spacial score (nSPS) is 12.6. The molecule has 0 amide bonds. The Kier molecular flexibility index (Phi) is 4.10. The third kappa shape index (κ3) is 3.80. The summed E-state index contributed by atoms with van der Waals surface area (Å²) in [6.07, 6.45) is -9.52. The van der Waals surface area contributed by atoms with Gasteiger partial charge in [-0.3, -0.25) is 0 Å². The molecule has 1 aromatic carbocycles. The number of benzene rings is 1. The van der Waals surface area contributed by atoms with Gasteiger partial charge in [-0.05, 0) is 6.07 Å². The van der Waals surface area contributed by atoms with E-state index in [0.717, 1.165) is 6.07 Å². The number of ether oxygens (including phenoxy) is 1. The zero-order valence-corrected chi connectivity index (χ0v) is 8.90. The van der Waals surface area contributed by atoms with Gasteiger partial charge in [0, 0.05) is 12.1 Å². The molecule has 0 spiro atoms. The molecule has 0 aliphatic carbocycles. The molecule has 0 bridgehead atoms. The minimum atomic E-state index is -4.80. The van der Waals surface area contributed by atoms with Crippen molar-refractivity contribution in [2.24, 2.45) is 5.73 Å².